The van der Waals surface area contributed by atoms with Crippen LogP contribution in [0.4, 0.5) is 0 Å². The lowest BCUT2D eigenvalue weighted by atomic mass is 10.2. The molecule has 0 atom stereocenters. The molecule has 0 amide bonds. The van der Waals surface area contributed by atoms with Gasteiger partial charge in [-0.15, -0.1) is 0 Å². The summed E-state index contributed by atoms with van der Waals surface area (Å²) in [5.74, 6) is -0.0718. The van der Waals surface area contributed by atoms with Crippen molar-refractivity contribution in [1.29, 1.82) is 0 Å². The number of aromatic nitrogens is 1. The van der Waals surface area contributed by atoms with Gasteiger partial charge in [0.2, 0.25) is 0 Å². The number of hydrogen-bond donors (Lipinski definition) is 1. The van der Waals surface area contributed by atoms with Crippen LogP contribution in [0.2, 0.25) is 0 Å². The zero-order valence-corrected chi connectivity index (χ0v) is 10.1. The third-order valence-electron chi connectivity index (χ3n) is 2.61. The van der Waals surface area contributed by atoms with Crippen LogP contribution >= 0.6 is 0 Å². The Morgan fingerprint density at radius 1 is 1.39 bits per heavy atom. The first-order valence-corrected chi connectivity index (χ1v) is 5.46. The van der Waals surface area contributed by atoms with Crippen LogP contribution in [0, 0.1) is 13.8 Å². The second-order valence-corrected chi connectivity index (χ2v) is 3.92. The molecule has 0 fully saturated rings. The first-order valence-electron chi connectivity index (χ1n) is 5.46. The summed E-state index contributed by atoms with van der Waals surface area (Å²) < 4.78 is 10.4. The summed E-state index contributed by atoms with van der Waals surface area (Å²) in [5.41, 5.74) is 1.35. The van der Waals surface area contributed by atoms with E-state index in [2.05, 4.69) is 5.16 Å². The fraction of sp³-hybridized carbons (Fsp3) is 0.231. The molecule has 0 bridgehead atoms. The van der Waals surface area contributed by atoms with Gasteiger partial charge >= 0.3 is 5.97 Å². The number of nitrogens with zero attached hydrogens (tertiary/aromatic N) is 1. The van der Waals surface area contributed by atoms with Gasteiger partial charge in [-0.2, -0.15) is 0 Å². The van der Waals surface area contributed by atoms with Gasteiger partial charge in [-0.25, -0.2) is 4.79 Å². The van der Waals surface area contributed by atoms with Crippen molar-refractivity contribution in [3.8, 4) is 5.75 Å². The summed E-state index contributed by atoms with van der Waals surface area (Å²) >= 11 is 0. The Hall–Kier alpha value is -2.30. The van der Waals surface area contributed by atoms with E-state index in [0.717, 1.165) is 5.56 Å². The molecule has 94 valence electrons. The first-order chi connectivity index (χ1) is 8.59. The lowest BCUT2D eigenvalue weighted by Crippen LogP contribution is -2.05. The van der Waals surface area contributed by atoms with Gasteiger partial charge in [-0.3, -0.25) is 0 Å². The maximum absolute atomic E-state index is 11.0. The van der Waals surface area contributed by atoms with Gasteiger partial charge in [0.15, 0.2) is 0 Å². The van der Waals surface area contributed by atoms with Crippen LogP contribution in [0.3, 0.4) is 0 Å². The molecule has 0 radical (unpaired) electrons. The Morgan fingerprint density at radius 3 is 2.78 bits per heavy atom. The van der Waals surface area contributed by atoms with Crippen LogP contribution in [0.5, 0.6) is 5.75 Å². The molecule has 5 nitrogen and oxygen atoms in total. The van der Waals surface area contributed by atoms with Gasteiger partial charge < -0.3 is 14.4 Å². The van der Waals surface area contributed by atoms with E-state index in [1.165, 1.54) is 0 Å². The van der Waals surface area contributed by atoms with Crippen molar-refractivity contribution < 1.29 is 19.2 Å². The molecule has 0 aliphatic rings. The van der Waals surface area contributed by atoms with E-state index in [1.54, 1.807) is 6.92 Å². The van der Waals surface area contributed by atoms with Crippen molar-refractivity contribution in [3.05, 3.63) is 46.8 Å². The molecule has 0 aliphatic heterocycles. The topological polar surface area (TPSA) is 72.6 Å². The van der Waals surface area contributed by atoms with Crippen molar-refractivity contribution >= 4 is 5.97 Å². The molecule has 2 aromatic rings. The zero-order valence-electron chi connectivity index (χ0n) is 10.1. The van der Waals surface area contributed by atoms with E-state index in [4.69, 9.17) is 14.4 Å². The van der Waals surface area contributed by atoms with Crippen LogP contribution < -0.4 is 4.74 Å². The monoisotopic (exact) mass is 247 g/mol. The number of benzene rings is 1. The van der Waals surface area contributed by atoms with Crippen molar-refractivity contribution in [1.82, 2.24) is 5.16 Å². The SMILES string of the molecule is Cc1ccccc1OCc1noc(C)c1C(=O)O. The molecule has 5 heteroatoms. The van der Waals surface area contributed by atoms with Crippen LogP contribution in [0.15, 0.2) is 28.8 Å². The number of ether oxygens (including phenoxy) is 1. The lowest BCUT2D eigenvalue weighted by Gasteiger charge is -2.07. The third kappa shape index (κ3) is 2.34. The summed E-state index contributed by atoms with van der Waals surface area (Å²) in [4.78, 5) is 11.0. The number of rotatable bonds is 4. The predicted octanol–water partition coefficient (Wildman–Crippen LogP) is 2.57. The molecule has 0 spiro atoms. The maximum Gasteiger partial charge on any atom is 0.341 e. The van der Waals surface area contributed by atoms with E-state index in [1.807, 2.05) is 31.2 Å². The summed E-state index contributed by atoms with van der Waals surface area (Å²) in [6.07, 6.45) is 0. The number of carbonyl (C=O) groups is 1. The first kappa shape index (κ1) is 12.2. The number of aromatic carboxylic acids is 1. The number of carboxylic acids is 1. The Balaban J connectivity index is 2.16. The minimum atomic E-state index is -1.06. The third-order valence-corrected chi connectivity index (χ3v) is 2.61. The quantitative estimate of drug-likeness (QED) is 0.898. The fourth-order valence-corrected chi connectivity index (χ4v) is 1.66. The maximum atomic E-state index is 11.0. The van der Waals surface area contributed by atoms with Crippen molar-refractivity contribution in [2.24, 2.45) is 0 Å². The minimum Gasteiger partial charge on any atom is -0.487 e. The van der Waals surface area contributed by atoms with Gasteiger partial charge in [0.05, 0.1) is 0 Å². The van der Waals surface area contributed by atoms with Crippen LogP contribution in [0.25, 0.3) is 0 Å². The summed E-state index contributed by atoms with van der Waals surface area (Å²) in [7, 11) is 0. The van der Waals surface area contributed by atoms with Gasteiger partial charge in [0.1, 0.15) is 29.4 Å². The molecule has 1 N–H and O–H groups in total. The molecule has 0 saturated carbocycles. The highest BCUT2D eigenvalue weighted by Crippen LogP contribution is 2.20. The molecule has 1 aromatic carbocycles. The lowest BCUT2D eigenvalue weighted by molar-refractivity contribution is 0.0692. The molecule has 0 unspecified atom stereocenters. The van der Waals surface area contributed by atoms with Crippen LogP contribution in [-0.4, -0.2) is 16.2 Å². The molecule has 0 aliphatic carbocycles. The Morgan fingerprint density at radius 2 is 2.11 bits per heavy atom. The number of hydrogen-bond acceptors (Lipinski definition) is 4. The van der Waals surface area contributed by atoms with Crippen molar-refractivity contribution in [2.75, 3.05) is 0 Å². The Labute approximate surface area is 104 Å². The van der Waals surface area contributed by atoms with Gasteiger partial charge in [-0.05, 0) is 25.5 Å². The average Bonchev–Trinajstić information content (AvgIpc) is 2.69. The number of carboxylic acid groups (broad SMARTS) is 1. The average molecular weight is 247 g/mol. The molecular formula is C13H13NO4. The molecular weight excluding hydrogens is 234 g/mol. The van der Waals surface area contributed by atoms with Crippen molar-refractivity contribution in [2.45, 2.75) is 20.5 Å². The predicted molar refractivity (Wildman–Crippen MR) is 63.7 cm³/mol. The van der Waals surface area contributed by atoms with E-state index < -0.39 is 5.97 Å². The standard InChI is InChI=1S/C13H13NO4/c1-8-5-3-4-6-11(8)17-7-10-12(13(15)16)9(2)18-14-10/h3-6H,7H2,1-2H3,(H,15,16). The van der Waals surface area contributed by atoms with E-state index in [-0.39, 0.29) is 17.9 Å². The van der Waals surface area contributed by atoms with Crippen LogP contribution in [0.1, 0.15) is 27.4 Å². The summed E-state index contributed by atoms with van der Waals surface area (Å²) in [5, 5.41) is 12.7. The smallest absolute Gasteiger partial charge is 0.341 e. The highest BCUT2D eigenvalue weighted by molar-refractivity contribution is 5.89. The Kier molecular flexibility index (Phi) is 3.32. The second kappa shape index (κ2) is 4.91. The minimum absolute atomic E-state index is 0.0728. The van der Waals surface area contributed by atoms with Gasteiger partial charge in [-0.1, -0.05) is 23.4 Å². The van der Waals surface area contributed by atoms with Crippen LogP contribution in [-0.2, 0) is 6.61 Å². The zero-order chi connectivity index (χ0) is 13.1. The molecule has 1 heterocycles. The van der Waals surface area contributed by atoms with E-state index in [9.17, 15) is 4.79 Å². The molecule has 1 aromatic heterocycles. The normalized spacial score (nSPS) is 10.3. The highest BCUT2D eigenvalue weighted by Gasteiger charge is 2.19. The summed E-state index contributed by atoms with van der Waals surface area (Å²) in [6.45, 7) is 3.55. The molecule has 0 saturated heterocycles. The van der Waals surface area contributed by atoms with E-state index in [0.29, 0.717) is 11.4 Å². The largest absolute Gasteiger partial charge is 0.487 e. The highest BCUT2D eigenvalue weighted by atomic mass is 16.5. The van der Waals surface area contributed by atoms with Crippen molar-refractivity contribution in [3.63, 3.8) is 0 Å². The van der Waals surface area contributed by atoms with Gasteiger partial charge in [0, 0.05) is 0 Å². The molecule has 2 rings (SSSR count). The van der Waals surface area contributed by atoms with Gasteiger partial charge in [0.25, 0.3) is 0 Å². The summed E-state index contributed by atoms with van der Waals surface area (Å²) in [6, 6.07) is 7.50. The van der Waals surface area contributed by atoms with E-state index >= 15 is 0 Å². The number of aryl methyl sites for hydroxylation is 2. The second-order valence-electron chi connectivity index (χ2n) is 3.92. The molecule has 18 heavy (non-hydrogen) atoms. The fourth-order valence-electron chi connectivity index (χ4n) is 1.66. The Bertz CT molecular complexity index is 574. The number of para-hydroxylation sites is 1.